The Morgan fingerprint density at radius 1 is 1.04 bits per heavy atom. The molecule has 1 saturated heterocycles. The Morgan fingerprint density at radius 3 is 2.58 bits per heavy atom. The number of aromatic amines is 1. The number of H-pyrrole nitrogens is 1. The van der Waals surface area contributed by atoms with Crippen LogP contribution in [0.5, 0.6) is 0 Å². The quantitative estimate of drug-likeness (QED) is 0.797. The van der Waals surface area contributed by atoms with E-state index in [9.17, 15) is 14.4 Å². The van der Waals surface area contributed by atoms with Crippen molar-refractivity contribution in [3.05, 3.63) is 58.4 Å². The standard InChI is InChI=1S/C18H19N3O3/c22-16-13(9-10-14(20-16)12-6-2-1-3-7-12)17(23)21-15-8-4-5-11-19-18(15)24/h1-3,6-7,9-10,15H,4-5,8,11H2,(H,19,24)(H,20,22)(H,21,23). The number of hydrogen-bond acceptors (Lipinski definition) is 3. The number of nitrogens with one attached hydrogen (secondary N) is 3. The summed E-state index contributed by atoms with van der Waals surface area (Å²) < 4.78 is 0. The van der Waals surface area contributed by atoms with Crippen LogP contribution in [0.15, 0.2) is 47.3 Å². The summed E-state index contributed by atoms with van der Waals surface area (Å²) in [6, 6.07) is 12.0. The summed E-state index contributed by atoms with van der Waals surface area (Å²) in [4.78, 5) is 39.2. The molecule has 6 heteroatoms. The summed E-state index contributed by atoms with van der Waals surface area (Å²) in [6.45, 7) is 0.623. The number of rotatable bonds is 3. The first kappa shape index (κ1) is 16.0. The lowest BCUT2D eigenvalue weighted by atomic mass is 10.1. The van der Waals surface area contributed by atoms with Crippen LogP contribution in [-0.4, -0.2) is 29.4 Å². The Morgan fingerprint density at radius 2 is 1.83 bits per heavy atom. The van der Waals surface area contributed by atoms with Crippen molar-refractivity contribution < 1.29 is 9.59 Å². The second-order valence-electron chi connectivity index (χ2n) is 5.79. The molecule has 1 atom stereocenters. The lowest BCUT2D eigenvalue weighted by Crippen LogP contribution is -2.46. The summed E-state index contributed by atoms with van der Waals surface area (Å²) in [5.41, 5.74) is 1.05. The monoisotopic (exact) mass is 325 g/mol. The van der Waals surface area contributed by atoms with Crippen LogP contribution in [0.3, 0.4) is 0 Å². The van der Waals surface area contributed by atoms with Crippen LogP contribution in [0.4, 0.5) is 0 Å². The third-order valence-electron chi connectivity index (χ3n) is 4.08. The van der Waals surface area contributed by atoms with Crippen molar-refractivity contribution in [1.29, 1.82) is 0 Å². The first-order valence-electron chi connectivity index (χ1n) is 8.02. The molecule has 0 spiro atoms. The molecule has 2 amide bonds. The molecule has 3 rings (SSSR count). The van der Waals surface area contributed by atoms with Gasteiger partial charge in [-0.25, -0.2) is 0 Å². The zero-order valence-electron chi connectivity index (χ0n) is 13.2. The summed E-state index contributed by atoms with van der Waals surface area (Å²) in [7, 11) is 0. The lowest BCUT2D eigenvalue weighted by molar-refractivity contribution is -0.122. The highest BCUT2D eigenvalue weighted by Gasteiger charge is 2.23. The minimum Gasteiger partial charge on any atom is -0.354 e. The van der Waals surface area contributed by atoms with Crippen molar-refractivity contribution in [1.82, 2.24) is 15.6 Å². The summed E-state index contributed by atoms with van der Waals surface area (Å²) >= 11 is 0. The minimum absolute atomic E-state index is 0.00623. The van der Waals surface area contributed by atoms with Gasteiger partial charge in [-0.2, -0.15) is 0 Å². The number of pyridine rings is 1. The highest BCUT2D eigenvalue weighted by Crippen LogP contribution is 2.14. The predicted octanol–water partition coefficient (Wildman–Crippen LogP) is 1.44. The van der Waals surface area contributed by atoms with Gasteiger partial charge in [0.05, 0.1) is 0 Å². The molecule has 1 aromatic heterocycles. The van der Waals surface area contributed by atoms with Gasteiger partial charge in [-0.1, -0.05) is 30.3 Å². The fraction of sp³-hybridized carbons (Fsp3) is 0.278. The SMILES string of the molecule is O=C(NC1CCCCNC1=O)c1ccc(-c2ccccc2)[nH]c1=O. The third kappa shape index (κ3) is 3.53. The molecular weight excluding hydrogens is 306 g/mol. The average molecular weight is 325 g/mol. The van der Waals surface area contributed by atoms with Crippen molar-refractivity contribution in [3.8, 4) is 11.3 Å². The predicted molar refractivity (Wildman–Crippen MR) is 90.6 cm³/mol. The van der Waals surface area contributed by atoms with E-state index in [4.69, 9.17) is 0 Å². The molecule has 24 heavy (non-hydrogen) atoms. The maximum atomic E-state index is 12.3. The smallest absolute Gasteiger partial charge is 0.261 e. The normalized spacial score (nSPS) is 17.7. The maximum absolute atomic E-state index is 12.3. The molecule has 1 aliphatic rings. The molecule has 2 aromatic rings. The summed E-state index contributed by atoms with van der Waals surface area (Å²) in [5, 5.41) is 5.41. The van der Waals surface area contributed by atoms with Gasteiger partial charge >= 0.3 is 0 Å². The van der Waals surface area contributed by atoms with Crippen LogP contribution in [0, 0.1) is 0 Å². The largest absolute Gasteiger partial charge is 0.354 e. The Hall–Kier alpha value is -2.89. The summed E-state index contributed by atoms with van der Waals surface area (Å²) in [6.07, 6.45) is 2.33. The van der Waals surface area contributed by atoms with E-state index in [0.717, 1.165) is 18.4 Å². The molecule has 1 aliphatic heterocycles. The van der Waals surface area contributed by atoms with Gasteiger partial charge in [-0.15, -0.1) is 0 Å². The van der Waals surface area contributed by atoms with E-state index in [0.29, 0.717) is 18.7 Å². The van der Waals surface area contributed by atoms with Gasteiger partial charge in [-0.05, 0) is 37.0 Å². The van der Waals surface area contributed by atoms with E-state index >= 15 is 0 Å². The Balaban J connectivity index is 1.78. The topological polar surface area (TPSA) is 91.1 Å². The van der Waals surface area contributed by atoms with Gasteiger partial charge in [0.15, 0.2) is 0 Å². The number of hydrogen-bond donors (Lipinski definition) is 3. The molecule has 1 unspecified atom stereocenters. The number of aromatic nitrogens is 1. The highest BCUT2D eigenvalue weighted by atomic mass is 16.2. The molecule has 3 N–H and O–H groups in total. The number of carbonyl (C=O) groups is 2. The van der Waals surface area contributed by atoms with E-state index in [1.807, 2.05) is 30.3 Å². The third-order valence-corrected chi connectivity index (χ3v) is 4.08. The van der Waals surface area contributed by atoms with E-state index in [1.54, 1.807) is 6.07 Å². The molecule has 0 aliphatic carbocycles. The number of carbonyl (C=O) groups excluding carboxylic acids is 2. The molecule has 0 saturated carbocycles. The van der Waals surface area contributed by atoms with Crippen LogP contribution in [-0.2, 0) is 4.79 Å². The van der Waals surface area contributed by atoms with Crippen LogP contribution in [0.2, 0.25) is 0 Å². The Bertz CT molecular complexity index is 799. The highest BCUT2D eigenvalue weighted by molar-refractivity contribution is 5.97. The van der Waals surface area contributed by atoms with E-state index in [1.165, 1.54) is 6.07 Å². The van der Waals surface area contributed by atoms with Gasteiger partial charge in [-0.3, -0.25) is 14.4 Å². The Labute approximate surface area is 139 Å². The molecule has 0 radical (unpaired) electrons. The fourth-order valence-corrected chi connectivity index (χ4v) is 2.75. The van der Waals surface area contributed by atoms with Crippen LogP contribution in [0.25, 0.3) is 11.3 Å². The first-order valence-corrected chi connectivity index (χ1v) is 8.02. The van der Waals surface area contributed by atoms with Crippen molar-refractivity contribution >= 4 is 11.8 Å². The van der Waals surface area contributed by atoms with E-state index in [2.05, 4.69) is 15.6 Å². The van der Waals surface area contributed by atoms with Gasteiger partial charge < -0.3 is 15.6 Å². The summed E-state index contributed by atoms with van der Waals surface area (Å²) in [5.74, 6) is -0.726. The van der Waals surface area contributed by atoms with Gasteiger partial charge in [0, 0.05) is 12.2 Å². The van der Waals surface area contributed by atoms with Gasteiger partial charge in [0.1, 0.15) is 11.6 Å². The zero-order valence-corrected chi connectivity index (χ0v) is 13.2. The van der Waals surface area contributed by atoms with E-state index < -0.39 is 17.5 Å². The van der Waals surface area contributed by atoms with Crippen molar-refractivity contribution in [2.75, 3.05) is 6.54 Å². The number of amides is 2. The van der Waals surface area contributed by atoms with Crippen molar-refractivity contribution in [2.45, 2.75) is 25.3 Å². The zero-order chi connectivity index (χ0) is 16.9. The Kier molecular flexibility index (Phi) is 4.74. The van der Waals surface area contributed by atoms with Gasteiger partial charge in [0.2, 0.25) is 5.91 Å². The molecule has 124 valence electrons. The van der Waals surface area contributed by atoms with Crippen molar-refractivity contribution in [3.63, 3.8) is 0 Å². The molecular formula is C18H19N3O3. The maximum Gasteiger partial charge on any atom is 0.261 e. The molecule has 6 nitrogen and oxygen atoms in total. The van der Waals surface area contributed by atoms with Crippen LogP contribution < -0.4 is 16.2 Å². The minimum atomic E-state index is -0.590. The molecule has 1 aromatic carbocycles. The molecule has 2 heterocycles. The fourth-order valence-electron chi connectivity index (χ4n) is 2.75. The van der Waals surface area contributed by atoms with Crippen LogP contribution >= 0.6 is 0 Å². The van der Waals surface area contributed by atoms with E-state index in [-0.39, 0.29) is 11.5 Å². The van der Waals surface area contributed by atoms with Crippen molar-refractivity contribution in [2.24, 2.45) is 0 Å². The molecule has 1 fully saturated rings. The average Bonchev–Trinajstić information content (AvgIpc) is 2.80. The second kappa shape index (κ2) is 7.12. The molecule has 0 bridgehead atoms. The number of benzene rings is 1. The first-order chi connectivity index (χ1) is 11.6. The second-order valence-corrected chi connectivity index (χ2v) is 5.79. The van der Waals surface area contributed by atoms with Gasteiger partial charge in [0.25, 0.3) is 11.5 Å². The lowest BCUT2D eigenvalue weighted by Gasteiger charge is -2.15. The van der Waals surface area contributed by atoms with Crippen LogP contribution in [0.1, 0.15) is 29.6 Å².